The van der Waals surface area contributed by atoms with Crippen molar-refractivity contribution in [1.82, 2.24) is 9.13 Å². The largest absolute Gasteiger partial charge is 0.330 e. The van der Waals surface area contributed by atoms with Gasteiger partial charge >= 0.3 is 5.69 Å². The molecule has 0 spiro atoms. The third kappa shape index (κ3) is 1.95. The van der Waals surface area contributed by atoms with Crippen LogP contribution in [0.15, 0.2) is 9.59 Å². The number of hydrogen-bond donors (Lipinski definition) is 0. The Morgan fingerprint density at radius 3 is 1.79 bits per heavy atom. The molecule has 0 unspecified atom stereocenters. The highest BCUT2D eigenvalue weighted by atomic mass is 16.2. The van der Waals surface area contributed by atoms with Gasteiger partial charge in [-0.1, -0.05) is 13.8 Å². The Bertz CT molecular complexity index is 390. The maximum absolute atomic E-state index is 11.3. The van der Waals surface area contributed by atoms with Crippen LogP contribution in [0.2, 0.25) is 0 Å². The zero-order valence-electron chi connectivity index (χ0n) is 9.71. The number of aromatic nitrogens is 2. The van der Waals surface area contributed by atoms with Crippen LogP contribution in [0.25, 0.3) is 0 Å². The summed E-state index contributed by atoms with van der Waals surface area (Å²) in [5, 5.41) is 0. The van der Waals surface area contributed by atoms with Gasteiger partial charge in [-0.25, -0.2) is 4.79 Å². The molecule has 1 aromatic rings. The highest BCUT2D eigenvalue weighted by molar-refractivity contribution is 5.13. The van der Waals surface area contributed by atoms with Crippen LogP contribution >= 0.6 is 0 Å². The summed E-state index contributed by atoms with van der Waals surface area (Å²) in [5.74, 6) is 0. The zero-order chi connectivity index (χ0) is 11.5. The van der Waals surface area contributed by atoms with Gasteiger partial charge in [0.25, 0.3) is 5.56 Å². The molecular weight excluding hydrogens is 180 g/mol. The van der Waals surface area contributed by atoms with Gasteiger partial charge in [-0.3, -0.25) is 9.36 Å². The monoisotopic (exact) mass is 198 g/mol. The zero-order valence-corrected chi connectivity index (χ0v) is 9.71. The van der Waals surface area contributed by atoms with E-state index in [-0.39, 0.29) is 11.2 Å². The van der Waals surface area contributed by atoms with Crippen molar-refractivity contribution in [2.45, 2.75) is 27.7 Å². The van der Waals surface area contributed by atoms with Crippen molar-refractivity contribution in [2.24, 2.45) is 14.1 Å². The predicted octanol–water partition coefficient (Wildman–Crippen LogP) is 0.727. The molecule has 1 heterocycles. The van der Waals surface area contributed by atoms with Gasteiger partial charge in [-0.2, -0.15) is 0 Å². The molecule has 0 amide bonds. The van der Waals surface area contributed by atoms with E-state index in [0.717, 1.165) is 10.3 Å². The van der Waals surface area contributed by atoms with Crippen molar-refractivity contribution in [2.75, 3.05) is 0 Å². The predicted molar refractivity (Wildman–Crippen MR) is 57.7 cm³/mol. The van der Waals surface area contributed by atoms with Crippen molar-refractivity contribution in [1.29, 1.82) is 0 Å². The van der Waals surface area contributed by atoms with Crippen LogP contribution in [-0.4, -0.2) is 9.13 Å². The van der Waals surface area contributed by atoms with E-state index >= 15 is 0 Å². The van der Waals surface area contributed by atoms with E-state index in [1.165, 1.54) is 11.6 Å². The lowest BCUT2D eigenvalue weighted by atomic mass is 10.2. The lowest BCUT2D eigenvalue weighted by molar-refractivity contribution is 0.658. The fraction of sp³-hybridized carbons (Fsp3) is 0.600. The Hall–Kier alpha value is -1.32. The van der Waals surface area contributed by atoms with Crippen LogP contribution in [0, 0.1) is 13.8 Å². The van der Waals surface area contributed by atoms with Crippen molar-refractivity contribution < 1.29 is 0 Å². The Morgan fingerprint density at radius 2 is 1.36 bits per heavy atom. The summed E-state index contributed by atoms with van der Waals surface area (Å²) in [7, 11) is 3.14. The van der Waals surface area contributed by atoms with E-state index < -0.39 is 0 Å². The minimum Gasteiger partial charge on any atom is -0.301 e. The maximum Gasteiger partial charge on any atom is 0.330 e. The molecule has 0 bridgehead atoms. The third-order valence-electron chi connectivity index (χ3n) is 2.25. The summed E-state index contributed by atoms with van der Waals surface area (Å²) in [6, 6.07) is 0. The Labute approximate surface area is 83.8 Å². The van der Waals surface area contributed by atoms with Crippen LogP contribution < -0.4 is 11.2 Å². The molecule has 4 nitrogen and oxygen atoms in total. The quantitative estimate of drug-likeness (QED) is 0.616. The van der Waals surface area contributed by atoms with Crippen LogP contribution in [0.5, 0.6) is 0 Å². The topological polar surface area (TPSA) is 44.0 Å². The van der Waals surface area contributed by atoms with E-state index in [1.807, 2.05) is 13.8 Å². The molecule has 14 heavy (non-hydrogen) atoms. The maximum atomic E-state index is 11.3. The molecule has 0 aliphatic rings. The van der Waals surface area contributed by atoms with Gasteiger partial charge < -0.3 is 4.57 Å². The molecule has 0 radical (unpaired) electrons. The lowest BCUT2D eigenvalue weighted by Gasteiger charge is -2.07. The molecule has 0 aromatic carbocycles. The first-order chi connectivity index (χ1) is 6.46. The van der Waals surface area contributed by atoms with Crippen LogP contribution in [-0.2, 0) is 14.1 Å². The summed E-state index contributed by atoms with van der Waals surface area (Å²) < 4.78 is 2.58. The fourth-order valence-corrected chi connectivity index (χ4v) is 1.11. The van der Waals surface area contributed by atoms with E-state index in [1.54, 1.807) is 20.9 Å². The second kappa shape index (κ2) is 4.79. The van der Waals surface area contributed by atoms with E-state index in [2.05, 4.69) is 0 Å². The standard InChI is InChI=1S/C8H12N2O2.C2H6/c1-5-6(2)9(3)8(12)10(4)7(5)11;1-2/h1-4H3;1-2H3. The third-order valence-corrected chi connectivity index (χ3v) is 2.25. The molecule has 4 heteroatoms. The molecule has 80 valence electrons. The van der Waals surface area contributed by atoms with Gasteiger partial charge in [0.2, 0.25) is 0 Å². The summed E-state index contributed by atoms with van der Waals surface area (Å²) in [6.45, 7) is 7.48. The van der Waals surface area contributed by atoms with Gasteiger partial charge in [-0.15, -0.1) is 0 Å². The first-order valence-electron chi connectivity index (χ1n) is 4.70. The molecule has 0 N–H and O–H groups in total. The number of rotatable bonds is 0. The van der Waals surface area contributed by atoms with Crippen molar-refractivity contribution in [3.05, 3.63) is 32.1 Å². The number of hydrogen-bond acceptors (Lipinski definition) is 2. The summed E-state index contributed by atoms with van der Waals surface area (Å²) in [5.41, 5.74) is 0.862. The second-order valence-corrected chi connectivity index (χ2v) is 2.92. The van der Waals surface area contributed by atoms with Gasteiger partial charge in [0.15, 0.2) is 0 Å². The lowest BCUT2D eigenvalue weighted by Crippen LogP contribution is -2.39. The van der Waals surface area contributed by atoms with Gasteiger partial charge in [0.1, 0.15) is 0 Å². The second-order valence-electron chi connectivity index (χ2n) is 2.92. The summed E-state index contributed by atoms with van der Waals surface area (Å²) in [6.07, 6.45) is 0. The van der Waals surface area contributed by atoms with Gasteiger partial charge in [0.05, 0.1) is 0 Å². The van der Waals surface area contributed by atoms with Crippen molar-refractivity contribution in [3.63, 3.8) is 0 Å². The summed E-state index contributed by atoms with van der Waals surface area (Å²) >= 11 is 0. The molecule has 0 aliphatic heterocycles. The van der Waals surface area contributed by atoms with Crippen LogP contribution in [0.1, 0.15) is 25.1 Å². The first-order valence-corrected chi connectivity index (χ1v) is 4.70. The normalized spacial score (nSPS) is 9.29. The van der Waals surface area contributed by atoms with E-state index in [0.29, 0.717) is 5.56 Å². The Kier molecular flexibility index (Phi) is 4.34. The van der Waals surface area contributed by atoms with E-state index in [9.17, 15) is 9.59 Å². The molecule has 1 aromatic heterocycles. The SMILES string of the molecule is CC.Cc1c(C)n(C)c(=O)n(C)c1=O. The van der Waals surface area contributed by atoms with Crippen LogP contribution in [0.4, 0.5) is 0 Å². The molecule has 0 saturated carbocycles. The van der Waals surface area contributed by atoms with Gasteiger partial charge in [-0.05, 0) is 13.8 Å². The Balaban J connectivity index is 0.000000791. The molecule has 0 saturated heterocycles. The highest BCUT2D eigenvalue weighted by Crippen LogP contribution is 1.93. The average molecular weight is 198 g/mol. The average Bonchev–Trinajstić information content (AvgIpc) is 2.24. The minimum atomic E-state index is -0.275. The van der Waals surface area contributed by atoms with Crippen LogP contribution in [0.3, 0.4) is 0 Å². The van der Waals surface area contributed by atoms with Crippen molar-refractivity contribution in [3.8, 4) is 0 Å². The molecule has 0 atom stereocenters. The first kappa shape index (κ1) is 12.7. The molecule has 0 aliphatic carbocycles. The number of nitrogens with zero attached hydrogens (tertiary/aromatic N) is 2. The molecule has 0 fully saturated rings. The van der Waals surface area contributed by atoms with Gasteiger partial charge in [0, 0.05) is 25.4 Å². The Morgan fingerprint density at radius 1 is 0.929 bits per heavy atom. The van der Waals surface area contributed by atoms with Crippen molar-refractivity contribution >= 4 is 0 Å². The minimum absolute atomic E-state index is 0.212. The fourth-order valence-electron chi connectivity index (χ4n) is 1.11. The van der Waals surface area contributed by atoms with E-state index in [4.69, 9.17) is 0 Å². The molecule has 1 rings (SSSR count). The highest BCUT2D eigenvalue weighted by Gasteiger charge is 2.06. The summed E-state index contributed by atoms with van der Waals surface area (Å²) in [4.78, 5) is 22.6. The molecular formula is C10H18N2O2. The smallest absolute Gasteiger partial charge is 0.301 e.